The Morgan fingerprint density at radius 2 is 2.48 bits per heavy atom. The fraction of sp³-hybridized carbons (Fsp3) is 0.500. The fourth-order valence-electron chi connectivity index (χ4n) is 2.93. The van der Waals surface area contributed by atoms with Crippen molar-refractivity contribution in [2.24, 2.45) is 5.92 Å². The van der Waals surface area contributed by atoms with Gasteiger partial charge in [0.25, 0.3) is 5.91 Å². The largest absolute Gasteiger partial charge is 0.348 e. The monoisotopic (exact) mass is 303 g/mol. The Morgan fingerprint density at radius 1 is 1.62 bits per heavy atom. The molecular formula is C16H21N3OS. The molecule has 112 valence electrons. The molecule has 1 aliphatic rings. The van der Waals surface area contributed by atoms with Crippen molar-refractivity contribution in [1.82, 2.24) is 14.9 Å². The van der Waals surface area contributed by atoms with Gasteiger partial charge in [-0.05, 0) is 37.7 Å². The summed E-state index contributed by atoms with van der Waals surface area (Å²) in [6.45, 7) is 5.06. The van der Waals surface area contributed by atoms with E-state index >= 15 is 0 Å². The molecule has 2 atom stereocenters. The lowest BCUT2D eigenvalue weighted by Crippen LogP contribution is -2.35. The van der Waals surface area contributed by atoms with E-state index < -0.39 is 0 Å². The SMILES string of the molecule is C[C@@H]1CCc2c(C(=O)N[C@@H](C)Cn3ccnc3)csc2C1. The molecule has 0 saturated carbocycles. The van der Waals surface area contributed by atoms with Gasteiger partial charge in [0.2, 0.25) is 0 Å². The molecule has 4 nitrogen and oxygen atoms in total. The highest BCUT2D eigenvalue weighted by atomic mass is 32.1. The first kappa shape index (κ1) is 14.3. The van der Waals surface area contributed by atoms with Crippen LogP contribution in [0.4, 0.5) is 0 Å². The summed E-state index contributed by atoms with van der Waals surface area (Å²) in [6.07, 6.45) is 8.79. The second-order valence-electron chi connectivity index (χ2n) is 6.03. The molecule has 0 saturated heterocycles. The van der Waals surface area contributed by atoms with Crippen LogP contribution in [0.15, 0.2) is 24.1 Å². The van der Waals surface area contributed by atoms with Gasteiger partial charge in [-0.25, -0.2) is 4.98 Å². The van der Waals surface area contributed by atoms with E-state index in [1.165, 1.54) is 16.9 Å². The molecule has 0 aliphatic heterocycles. The van der Waals surface area contributed by atoms with Crippen LogP contribution in [0.25, 0.3) is 0 Å². The molecule has 0 radical (unpaired) electrons. The van der Waals surface area contributed by atoms with Gasteiger partial charge < -0.3 is 9.88 Å². The number of fused-ring (bicyclic) bond motifs is 1. The maximum atomic E-state index is 12.5. The maximum absolute atomic E-state index is 12.5. The molecule has 0 unspecified atom stereocenters. The first-order valence-corrected chi connectivity index (χ1v) is 8.37. The molecule has 1 N–H and O–H groups in total. The van der Waals surface area contributed by atoms with Crippen molar-refractivity contribution in [3.05, 3.63) is 40.1 Å². The van der Waals surface area contributed by atoms with Crippen LogP contribution in [0, 0.1) is 5.92 Å². The molecule has 5 heteroatoms. The van der Waals surface area contributed by atoms with Crippen LogP contribution >= 0.6 is 11.3 Å². The van der Waals surface area contributed by atoms with Gasteiger partial charge in [-0.3, -0.25) is 4.79 Å². The molecule has 2 aromatic rings. The van der Waals surface area contributed by atoms with Crippen LogP contribution in [0.3, 0.4) is 0 Å². The van der Waals surface area contributed by atoms with E-state index in [1.807, 2.05) is 23.1 Å². The van der Waals surface area contributed by atoms with Gasteiger partial charge in [0.15, 0.2) is 0 Å². The molecule has 0 aromatic carbocycles. The van der Waals surface area contributed by atoms with Gasteiger partial charge in [-0.15, -0.1) is 11.3 Å². The van der Waals surface area contributed by atoms with E-state index in [-0.39, 0.29) is 11.9 Å². The van der Waals surface area contributed by atoms with Gasteiger partial charge in [0.05, 0.1) is 11.9 Å². The van der Waals surface area contributed by atoms with Crippen LogP contribution in [0.1, 0.15) is 41.1 Å². The number of rotatable bonds is 4. The summed E-state index contributed by atoms with van der Waals surface area (Å²) in [5.41, 5.74) is 2.17. The minimum Gasteiger partial charge on any atom is -0.348 e. The molecule has 2 heterocycles. The highest BCUT2D eigenvalue weighted by Crippen LogP contribution is 2.32. The van der Waals surface area contributed by atoms with E-state index in [9.17, 15) is 4.79 Å². The summed E-state index contributed by atoms with van der Waals surface area (Å²) in [5, 5.41) is 5.13. The zero-order valence-corrected chi connectivity index (χ0v) is 13.3. The third-order valence-electron chi connectivity index (χ3n) is 4.07. The summed E-state index contributed by atoms with van der Waals surface area (Å²) >= 11 is 1.74. The van der Waals surface area contributed by atoms with Crippen molar-refractivity contribution in [2.75, 3.05) is 0 Å². The van der Waals surface area contributed by atoms with Crippen LogP contribution < -0.4 is 5.32 Å². The highest BCUT2D eigenvalue weighted by molar-refractivity contribution is 7.10. The lowest BCUT2D eigenvalue weighted by molar-refractivity contribution is 0.0936. The standard InChI is InChI=1S/C16H21N3OS/c1-11-3-4-13-14(9-21-15(13)7-11)16(20)18-12(2)8-19-6-5-17-10-19/h5-6,9-12H,3-4,7-8H2,1-2H3,(H,18,20)/t11-,12+/m1/s1. The third kappa shape index (κ3) is 3.18. The molecule has 3 rings (SSSR count). The Hall–Kier alpha value is -1.62. The number of hydrogen-bond donors (Lipinski definition) is 1. The number of hydrogen-bond acceptors (Lipinski definition) is 3. The van der Waals surface area contributed by atoms with Crippen molar-refractivity contribution < 1.29 is 4.79 Å². The number of carbonyl (C=O) groups excluding carboxylic acids is 1. The van der Waals surface area contributed by atoms with E-state index in [0.29, 0.717) is 0 Å². The molecule has 1 aliphatic carbocycles. The highest BCUT2D eigenvalue weighted by Gasteiger charge is 2.23. The average molecular weight is 303 g/mol. The van der Waals surface area contributed by atoms with Crippen molar-refractivity contribution in [3.8, 4) is 0 Å². The van der Waals surface area contributed by atoms with E-state index in [0.717, 1.165) is 30.9 Å². The maximum Gasteiger partial charge on any atom is 0.252 e. The van der Waals surface area contributed by atoms with Crippen LogP contribution in [-0.4, -0.2) is 21.5 Å². The van der Waals surface area contributed by atoms with E-state index in [1.54, 1.807) is 23.9 Å². The molecular weight excluding hydrogens is 282 g/mol. The number of thiophene rings is 1. The first-order valence-electron chi connectivity index (χ1n) is 7.49. The van der Waals surface area contributed by atoms with E-state index in [4.69, 9.17) is 0 Å². The zero-order valence-electron chi connectivity index (χ0n) is 12.5. The van der Waals surface area contributed by atoms with Crippen LogP contribution in [0.5, 0.6) is 0 Å². The topological polar surface area (TPSA) is 46.9 Å². The van der Waals surface area contributed by atoms with E-state index in [2.05, 4.69) is 17.2 Å². The lowest BCUT2D eigenvalue weighted by atomic mass is 9.88. The minimum absolute atomic E-state index is 0.0645. The van der Waals surface area contributed by atoms with Gasteiger partial charge in [-0.1, -0.05) is 6.92 Å². The summed E-state index contributed by atoms with van der Waals surface area (Å²) in [6, 6.07) is 0.0877. The Balaban J connectivity index is 1.66. The average Bonchev–Trinajstić information content (AvgIpc) is 3.06. The summed E-state index contributed by atoms with van der Waals surface area (Å²) in [4.78, 5) is 17.9. The Bertz CT molecular complexity index is 618. The Kier molecular flexibility index (Phi) is 4.10. The first-order chi connectivity index (χ1) is 10.1. The Labute approximate surface area is 129 Å². The normalized spacial score (nSPS) is 19.0. The number of amides is 1. The summed E-state index contributed by atoms with van der Waals surface area (Å²) in [5.74, 6) is 0.807. The predicted octanol–water partition coefficient (Wildman–Crippen LogP) is 2.89. The number of aromatic nitrogens is 2. The fourth-order valence-corrected chi connectivity index (χ4v) is 4.17. The van der Waals surface area contributed by atoms with Crippen LogP contribution in [0.2, 0.25) is 0 Å². The molecule has 0 fully saturated rings. The number of nitrogens with one attached hydrogen (secondary N) is 1. The van der Waals surface area contributed by atoms with Crippen LogP contribution in [-0.2, 0) is 19.4 Å². The second kappa shape index (κ2) is 6.02. The number of carbonyl (C=O) groups is 1. The van der Waals surface area contributed by atoms with Gasteiger partial charge in [0, 0.05) is 35.2 Å². The number of nitrogens with zero attached hydrogens (tertiary/aromatic N) is 2. The van der Waals surface area contributed by atoms with Gasteiger partial charge >= 0.3 is 0 Å². The Morgan fingerprint density at radius 3 is 3.24 bits per heavy atom. The van der Waals surface area contributed by atoms with Crippen molar-refractivity contribution in [2.45, 2.75) is 45.7 Å². The molecule has 21 heavy (non-hydrogen) atoms. The molecule has 1 amide bonds. The predicted molar refractivity (Wildman–Crippen MR) is 84.7 cm³/mol. The quantitative estimate of drug-likeness (QED) is 0.944. The summed E-state index contributed by atoms with van der Waals surface area (Å²) < 4.78 is 1.98. The van der Waals surface area contributed by atoms with Gasteiger partial charge in [0.1, 0.15) is 0 Å². The molecule has 0 bridgehead atoms. The van der Waals surface area contributed by atoms with Gasteiger partial charge in [-0.2, -0.15) is 0 Å². The summed E-state index contributed by atoms with van der Waals surface area (Å²) in [7, 11) is 0. The van der Waals surface area contributed by atoms with Crippen molar-refractivity contribution in [3.63, 3.8) is 0 Å². The number of imidazole rings is 1. The van der Waals surface area contributed by atoms with Crippen molar-refractivity contribution >= 4 is 17.2 Å². The lowest BCUT2D eigenvalue weighted by Gasteiger charge is -2.19. The molecule has 2 aromatic heterocycles. The third-order valence-corrected chi connectivity index (χ3v) is 5.12. The smallest absolute Gasteiger partial charge is 0.252 e. The zero-order chi connectivity index (χ0) is 14.8. The molecule has 0 spiro atoms. The van der Waals surface area contributed by atoms with Crippen molar-refractivity contribution in [1.29, 1.82) is 0 Å². The minimum atomic E-state index is 0.0645. The second-order valence-corrected chi connectivity index (χ2v) is 7.00.